The van der Waals surface area contributed by atoms with E-state index in [4.69, 9.17) is 14.2 Å². The van der Waals surface area contributed by atoms with Crippen LogP contribution in [0.1, 0.15) is 27.7 Å². The Kier molecular flexibility index (Phi) is 6.41. The van der Waals surface area contributed by atoms with E-state index in [2.05, 4.69) is 33.0 Å². The molecular formula is C13H27NO3. The first-order valence-electron chi connectivity index (χ1n) is 6.53. The van der Waals surface area contributed by atoms with Crippen LogP contribution >= 0.6 is 0 Å². The molecule has 1 saturated heterocycles. The van der Waals surface area contributed by atoms with Crippen molar-refractivity contribution < 1.29 is 14.2 Å². The molecule has 4 heteroatoms. The summed E-state index contributed by atoms with van der Waals surface area (Å²) in [5, 5.41) is 3.36. The van der Waals surface area contributed by atoms with E-state index in [0.717, 1.165) is 19.7 Å². The van der Waals surface area contributed by atoms with Gasteiger partial charge < -0.3 is 19.5 Å². The van der Waals surface area contributed by atoms with E-state index in [0.29, 0.717) is 25.7 Å². The molecule has 102 valence electrons. The molecule has 1 heterocycles. The summed E-state index contributed by atoms with van der Waals surface area (Å²) in [7, 11) is 0. The number of nitrogens with one attached hydrogen (secondary N) is 1. The molecule has 1 aliphatic heterocycles. The smallest absolute Gasteiger partial charge is 0.0940 e. The second-order valence-corrected chi connectivity index (χ2v) is 5.67. The Morgan fingerprint density at radius 1 is 1.29 bits per heavy atom. The van der Waals surface area contributed by atoms with Gasteiger partial charge in [-0.2, -0.15) is 0 Å². The molecule has 1 aliphatic rings. The highest BCUT2D eigenvalue weighted by Crippen LogP contribution is 2.15. The van der Waals surface area contributed by atoms with E-state index in [-0.39, 0.29) is 11.7 Å². The largest absolute Gasteiger partial charge is 0.379 e. The zero-order valence-corrected chi connectivity index (χ0v) is 11.6. The van der Waals surface area contributed by atoms with Gasteiger partial charge in [-0.05, 0) is 19.8 Å². The van der Waals surface area contributed by atoms with Crippen LogP contribution in [0, 0.1) is 5.92 Å². The molecule has 0 amide bonds. The van der Waals surface area contributed by atoms with Gasteiger partial charge in [0.2, 0.25) is 0 Å². The summed E-state index contributed by atoms with van der Waals surface area (Å²) in [4.78, 5) is 0. The fraction of sp³-hybridized carbons (Fsp3) is 1.00. The van der Waals surface area contributed by atoms with Crippen LogP contribution in [0.15, 0.2) is 0 Å². The van der Waals surface area contributed by atoms with Crippen LogP contribution in [0.5, 0.6) is 0 Å². The van der Waals surface area contributed by atoms with Crippen LogP contribution in [0.25, 0.3) is 0 Å². The minimum atomic E-state index is -0.0829. The molecule has 0 aromatic carbocycles. The zero-order valence-electron chi connectivity index (χ0n) is 11.6. The van der Waals surface area contributed by atoms with Gasteiger partial charge in [0.25, 0.3) is 0 Å². The van der Waals surface area contributed by atoms with Gasteiger partial charge in [0, 0.05) is 19.7 Å². The highest BCUT2D eigenvalue weighted by molar-refractivity contribution is 4.81. The Bertz CT molecular complexity index is 207. The highest BCUT2D eigenvalue weighted by atomic mass is 16.6. The van der Waals surface area contributed by atoms with Crippen LogP contribution in [-0.2, 0) is 14.2 Å². The first-order chi connectivity index (χ1) is 7.99. The van der Waals surface area contributed by atoms with Crippen LogP contribution in [-0.4, -0.2) is 51.2 Å². The van der Waals surface area contributed by atoms with Crippen molar-refractivity contribution >= 4 is 0 Å². The lowest BCUT2D eigenvalue weighted by atomic mass is 10.1. The van der Waals surface area contributed by atoms with Gasteiger partial charge in [-0.25, -0.2) is 0 Å². The molecule has 1 unspecified atom stereocenters. The van der Waals surface area contributed by atoms with Gasteiger partial charge >= 0.3 is 0 Å². The molecule has 0 spiro atoms. The number of rotatable bonds is 7. The molecular weight excluding hydrogens is 218 g/mol. The van der Waals surface area contributed by atoms with Crippen LogP contribution in [0.2, 0.25) is 0 Å². The second-order valence-electron chi connectivity index (χ2n) is 5.67. The third-order valence-electron chi connectivity index (χ3n) is 2.54. The molecule has 0 saturated carbocycles. The van der Waals surface area contributed by atoms with Crippen LogP contribution in [0.4, 0.5) is 0 Å². The van der Waals surface area contributed by atoms with Gasteiger partial charge in [0.15, 0.2) is 0 Å². The molecule has 1 rings (SSSR count). The van der Waals surface area contributed by atoms with Crippen molar-refractivity contribution in [1.29, 1.82) is 0 Å². The van der Waals surface area contributed by atoms with Gasteiger partial charge in [-0.15, -0.1) is 0 Å². The molecule has 0 aromatic rings. The number of hydrogen-bond donors (Lipinski definition) is 1. The Hall–Kier alpha value is -0.160. The number of morpholine rings is 1. The highest BCUT2D eigenvalue weighted by Gasteiger charge is 2.28. The van der Waals surface area contributed by atoms with E-state index in [1.54, 1.807) is 0 Å². The Morgan fingerprint density at radius 2 is 2.00 bits per heavy atom. The second kappa shape index (κ2) is 7.31. The number of ether oxygens (including phenoxy) is 3. The van der Waals surface area contributed by atoms with E-state index in [9.17, 15) is 0 Å². The molecule has 4 nitrogen and oxygen atoms in total. The summed E-state index contributed by atoms with van der Waals surface area (Å²) < 4.78 is 16.9. The minimum absolute atomic E-state index is 0.0829. The fourth-order valence-electron chi connectivity index (χ4n) is 1.81. The first kappa shape index (κ1) is 14.9. The van der Waals surface area contributed by atoms with E-state index in [1.165, 1.54) is 0 Å². The van der Waals surface area contributed by atoms with Gasteiger partial charge in [0.1, 0.15) is 0 Å². The molecule has 17 heavy (non-hydrogen) atoms. The average Bonchev–Trinajstić information content (AvgIpc) is 2.21. The maximum atomic E-state index is 5.89. The van der Waals surface area contributed by atoms with Crippen LogP contribution in [0.3, 0.4) is 0 Å². The molecule has 0 radical (unpaired) electrons. The Labute approximate surface area is 105 Å². The normalized spacial score (nSPS) is 24.2. The third kappa shape index (κ3) is 6.99. The lowest BCUT2D eigenvalue weighted by Crippen LogP contribution is -2.51. The molecule has 0 aliphatic carbocycles. The molecule has 0 aromatic heterocycles. The predicted octanol–water partition coefficient (Wildman–Crippen LogP) is 1.44. The van der Waals surface area contributed by atoms with Crippen molar-refractivity contribution in [2.24, 2.45) is 5.92 Å². The van der Waals surface area contributed by atoms with Crippen molar-refractivity contribution in [2.45, 2.75) is 39.4 Å². The van der Waals surface area contributed by atoms with E-state index >= 15 is 0 Å². The van der Waals surface area contributed by atoms with Gasteiger partial charge in [-0.1, -0.05) is 13.8 Å². The van der Waals surface area contributed by atoms with Crippen molar-refractivity contribution in [2.75, 3.05) is 39.5 Å². The topological polar surface area (TPSA) is 39.7 Å². The maximum Gasteiger partial charge on any atom is 0.0940 e. The predicted molar refractivity (Wildman–Crippen MR) is 68.3 cm³/mol. The maximum absolute atomic E-state index is 5.89. The van der Waals surface area contributed by atoms with Crippen molar-refractivity contribution in [3.63, 3.8) is 0 Å². The summed E-state index contributed by atoms with van der Waals surface area (Å²) in [5.41, 5.74) is -0.0829. The van der Waals surface area contributed by atoms with Crippen molar-refractivity contribution in [1.82, 2.24) is 5.32 Å². The summed E-state index contributed by atoms with van der Waals surface area (Å²) in [6.07, 6.45) is 0.156. The molecule has 1 N–H and O–H groups in total. The lowest BCUT2D eigenvalue weighted by molar-refractivity contribution is -0.123. The van der Waals surface area contributed by atoms with Crippen molar-refractivity contribution in [3.05, 3.63) is 0 Å². The summed E-state index contributed by atoms with van der Waals surface area (Å²) in [6, 6.07) is 0. The molecule has 0 bridgehead atoms. The first-order valence-corrected chi connectivity index (χ1v) is 6.53. The fourth-order valence-corrected chi connectivity index (χ4v) is 1.81. The van der Waals surface area contributed by atoms with Gasteiger partial charge in [0.05, 0.1) is 31.5 Å². The number of hydrogen-bond acceptors (Lipinski definition) is 4. The minimum Gasteiger partial charge on any atom is -0.379 e. The quantitative estimate of drug-likeness (QED) is 0.689. The SMILES string of the molecule is CC(C)COCCOCC1CNCC(C)(C)O1. The molecule has 1 atom stereocenters. The standard InChI is InChI=1S/C13H27NO3/c1-11(2)8-15-5-6-16-9-12-7-14-10-13(3,4)17-12/h11-12,14H,5-10H2,1-4H3. The molecule has 1 fully saturated rings. The summed E-state index contributed by atoms with van der Waals surface area (Å²) in [5.74, 6) is 0.585. The Morgan fingerprint density at radius 3 is 2.65 bits per heavy atom. The van der Waals surface area contributed by atoms with Crippen LogP contribution < -0.4 is 5.32 Å². The Balaban J connectivity index is 1.99. The van der Waals surface area contributed by atoms with E-state index in [1.807, 2.05) is 0 Å². The summed E-state index contributed by atoms with van der Waals surface area (Å²) in [6.45, 7) is 13.0. The zero-order chi connectivity index (χ0) is 12.7. The third-order valence-corrected chi connectivity index (χ3v) is 2.54. The lowest BCUT2D eigenvalue weighted by Gasteiger charge is -2.36. The van der Waals surface area contributed by atoms with Gasteiger partial charge in [-0.3, -0.25) is 0 Å². The summed E-state index contributed by atoms with van der Waals surface area (Å²) >= 11 is 0. The van der Waals surface area contributed by atoms with E-state index < -0.39 is 0 Å². The van der Waals surface area contributed by atoms with Crippen molar-refractivity contribution in [3.8, 4) is 0 Å². The monoisotopic (exact) mass is 245 g/mol. The average molecular weight is 245 g/mol.